The lowest BCUT2D eigenvalue weighted by Gasteiger charge is -1.99. The molecule has 4 heteroatoms. The third-order valence-electron chi connectivity index (χ3n) is 2.33. The molecule has 0 saturated heterocycles. The van der Waals surface area contributed by atoms with Gasteiger partial charge in [0.25, 0.3) is 0 Å². The lowest BCUT2D eigenvalue weighted by atomic mass is 10.1. The quantitative estimate of drug-likeness (QED) is 0.672. The van der Waals surface area contributed by atoms with E-state index in [1.807, 2.05) is 18.3 Å². The Hall–Kier alpha value is -1.29. The fourth-order valence-corrected chi connectivity index (χ4v) is 2.00. The maximum Gasteiger partial charge on any atom is 0.337 e. The number of ether oxygens (including phenoxy) is 1. The van der Waals surface area contributed by atoms with E-state index in [9.17, 15) is 4.79 Å². The molecule has 0 aliphatic rings. The molecule has 0 aliphatic carbocycles. The second-order valence-corrected chi connectivity index (χ2v) is 3.76. The van der Waals surface area contributed by atoms with Gasteiger partial charge in [-0.1, -0.05) is 15.9 Å². The van der Waals surface area contributed by atoms with Gasteiger partial charge < -0.3 is 9.72 Å². The molecule has 0 aliphatic heterocycles. The number of fused-ring (bicyclic) bond motifs is 1. The van der Waals surface area contributed by atoms with Crippen LogP contribution in [0, 0.1) is 0 Å². The van der Waals surface area contributed by atoms with Gasteiger partial charge in [0.05, 0.1) is 12.7 Å². The summed E-state index contributed by atoms with van der Waals surface area (Å²) in [4.78, 5) is 14.5. The average molecular weight is 268 g/mol. The molecule has 0 fully saturated rings. The van der Waals surface area contributed by atoms with Crippen LogP contribution in [0.15, 0.2) is 24.4 Å². The van der Waals surface area contributed by atoms with Crippen molar-refractivity contribution in [3.63, 3.8) is 0 Å². The fraction of sp³-hybridized carbons (Fsp3) is 0.182. The zero-order chi connectivity index (χ0) is 10.8. The van der Waals surface area contributed by atoms with E-state index in [1.165, 1.54) is 7.11 Å². The monoisotopic (exact) mass is 267 g/mol. The first-order valence-electron chi connectivity index (χ1n) is 4.50. The van der Waals surface area contributed by atoms with Crippen molar-refractivity contribution in [1.29, 1.82) is 0 Å². The van der Waals surface area contributed by atoms with Crippen LogP contribution < -0.4 is 0 Å². The minimum Gasteiger partial charge on any atom is -0.465 e. The van der Waals surface area contributed by atoms with Crippen molar-refractivity contribution in [2.45, 2.75) is 5.33 Å². The van der Waals surface area contributed by atoms with E-state index in [4.69, 9.17) is 0 Å². The van der Waals surface area contributed by atoms with Gasteiger partial charge in [0.15, 0.2) is 0 Å². The van der Waals surface area contributed by atoms with Gasteiger partial charge >= 0.3 is 5.97 Å². The topological polar surface area (TPSA) is 42.1 Å². The molecule has 2 rings (SSSR count). The van der Waals surface area contributed by atoms with Crippen LogP contribution in [0.5, 0.6) is 0 Å². The van der Waals surface area contributed by atoms with Crippen LogP contribution in [-0.4, -0.2) is 18.1 Å². The Labute approximate surface area is 95.6 Å². The van der Waals surface area contributed by atoms with Gasteiger partial charge in [-0.05, 0) is 23.8 Å². The number of aromatic amines is 1. The predicted molar refractivity (Wildman–Crippen MR) is 62.3 cm³/mol. The Morgan fingerprint density at radius 1 is 1.53 bits per heavy atom. The summed E-state index contributed by atoms with van der Waals surface area (Å²) in [5.74, 6) is -0.307. The van der Waals surface area contributed by atoms with Gasteiger partial charge in [-0.3, -0.25) is 0 Å². The number of hydrogen-bond donors (Lipinski definition) is 1. The summed E-state index contributed by atoms with van der Waals surface area (Å²) >= 11 is 3.40. The molecule has 15 heavy (non-hydrogen) atoms. The lowest BCUT2D eigenvalue weighted by Crippen LogP contribution is -2.00. The number of nitrogens with one attached hydrogen (secondary N) is 1. The Bertz CT molecular complexity index is 504. The van der Waals surface area contributed by atoms with Crippen molar-refractivity contribution in [3.8, 4) is 0 Å². The van der Waals surface area contributed by atoms with Crippen LogP contribution in [0.25, 0.3) is 10.9 Å². The SMILES string of the molecule is COC(=O)c1ccc2[nH]cc(CBr)c2c1. The second kappa shape index (κ2) is 4.06. The number of H-pyrrole nitrogens is 1. The van der Waals surface area contributed by atoms with Crippen molar-refractivity contribution in [3.05, 3.63) is 35.5 Å². The van der Waals surface area contributed by atoms with E-state index < -0.39 is 0 Å². The number of rotatable bonds is 2. The molecule has 78 valence electrons. The van der Waals surface area contributed by atoms with Gasteiger partial charge in [0, 0.05) is 22.4 Å². The molecule has 2 aromatic rings. The summed E-state index contributed by atoms with van der Waals surface area (Å²) in [7, 11) is 1.38. The molecule has 0 unspecified atom stereocenters. The number of carbonyl (C=O) groups excluding carboxylic acids is 1. The zero-order valence-corrected chi connectivity index (χ0v) is 9.80. The van der Waals surface area contributed by atoms with E-state index in [1.54, 1.807) is 6.07 Å². The van der Waals surface area contributed by atoms with E-state index in [0.29, 0.717) is 5.56 Å². The molecule has 0 spiro atoms. The first kappa shape index (κ1) is 10.2. The van der Waals surface area contributed by atoms with E-state index >= 15 is 0 Å². The highest BCUT2D eigenvalue weighted by atomic mass is 79.9. The number of esters is 1. The third-order valence-corrected chi connectivity index (χ3v) is 2.94. The Balaban J connectivity index is 2.57. The van der Waals surface area contributed by atoms with Crippen LogP contribution in [0.1, 0.15) is 15.9 Å². The van der Waals surface area contributed by atoms with Gasteiger partial charge in [-0.25, -0.2) is 4.79 Å². The van der Waals surface area contributed by atoms with E-state index in [2.05, 4.69) is 25.7 Å². The summed E-state index contributed by atoms with van der Waals surface area (Å²) < 4.78 is 4.67. The number of hydrogen-bond acceptors (Lipinski definition) is 2. The molecule has 1 aromatic carbocycles. The van der Waals surface area contributed by atoms with Gasteiger partial charge in [-0.15, -0.1) is 0 Å². The smallest absolute Gasteiger partial charge is 0.337 e. The molecule has 0 amide bonds. The minimum absolute atomic E-state index is 0.307. The van der Waals surface area contributed by atoms with Crippen LogP contribution in [0.4, 0.5) is 0 Å². The summed E-state index contributed by atoms with van der Waals surface area (Å²) in [5, 5.41) is 1.81. The van der Waals surface area contributed by atoms with Gasteiger partial charge in [0.1, 0.15) is 0 Å². The Kier molecular flexibility index (Phi) is 2.77. The molecule has 0 saturated carbocycles. The molecule has 1 N–H and O–H groups in total. The number of aromatic nitrogens is 1. The molecule has 1 heterocycles. The summed E-state index contributed by atoms with van der Waals surface area (Å²) in [6, 6.07) is 5.48. The van der Waals surface area contributed by atoms with Gasteiger partial charge in [-0.2, -0.15) is 0 Å². The largest absolute Gasteiger partial charge is 0.465 e. The standard InChI is InChI=1S/C11H10BrNO2/c1-15-11(14)7-2-3-10-9(4-7)8(5-12)6-13-10/h2-4,6,13H,5H2,1H3. The van der Waals surface area contributed by atoms with E-state index in [0.717, 1.165) is 21.8 Å². The molecule has 0 atom stereocenters. The van der Waals surface area contributed by atoms with Crippen LogP contribution in [0.2, 0.25) is 0 Å². The summed E-state index contributed by atoms with van der Waals surface area (Å²) in [5.41, 5.74) is 2.74. The number of carbonyl (C=O) groups is 1. The minimum atomic E-state index is -0.307. The fourth-order valence-electron chi connectivity index (χ4n) is 1.53. The van der Waals surface area contributed by atoms with E-state index in [-0.39, 0.29) is 5.97 Å². The molecule has 1 aromatic heterocycles. The number of benzene rings is 1. The third kappa shape index (κ3) is 1.77. The average Bonchev–Trinajstić information content (AvgIpc) is 2.69. The number of halogens is 1. The van der Waals surface area contributed by atoms with Crippen LogP contribution >= 0.6 is 15.9 Å². The Morgan fingerprint density at radius 2 is 2.33 bits per heavy atom. The van der Waals surface area contributed by atoms with Crippen molar-refractivity contribution < 1.29 is 9.53 Å². The summed E-state index contributed by atoms with van der Waals surface area (Å²) in [6.07, 6.45) is 1.93. The molecular formula is C11H10BrNO2. The first-order valence-corrected chi connectivity index (χ1v) is 5.62. The highest BCUT2D eigenvalue weighted by molar-refractivity contribution is 9.08. The molecule has 3 nitrogen and oxygen atoms in total. The second-order valence-electron chi connectivity index (χ2n) is 3.20. The lowest BCUT2D eigenvalue weighted by molar-refractivity contribution is 0.0601. The maximum atomic E-state index is 11.3. The Morgan fingerprint density at radius 3 is 3.00 bits per heavy atom. The normalized spacial score (nSPS) is 10.5. The van der Waals surface area contributed by atoms with Crippen molar-refractivity contribution in [2.75, 3.05) is 7.11 Å². The van der Waals surface area contributed by atoms with Crippen molar-refractivity contribution in [2.24, 2.45) is 0 Å². The van der Waals surface area contributed by atoms with Crippen LogP contribution in [-0.2, 0) is 10.1 Å². The number of alkyl halides is 1. The highest BCUT2D eigenvalue weighted by Crippen LogP contribution is 2.22. The van der Waals surface area contributed by atoms with Gasteiger partial charge in [0.2, 0.25) is 0 Å². The summed E-state index contributed by atoms with van der Waals surface area (Å²) in [6.45, 7) is 0. The molecular weight excluding hydrogens is 258 g/mol. The first-order chi connectivity index (χ1) is 7.26. The predicted octanol–water partition coefficient (Wildman–Crippen LogP) is 2.85. The van der Waals surface area contributed by atoms with Crippen molar-refractivity contribution in [1.82, 2.24) is 4.98 Å². The van der Waals surface area contributed by atoms with Crippen molar-refractivity contribution >= 4 is 32.8 Å². The molecule has 0 radical (unpaired) electrons. The molecule has 0 bridgehead atoms. The maximum absolute atomic E-state index is 11.3. The van der Waals surface area contributed by atoms with Crippen LogP contribution in [0.3, 0.4) is 0 Å². The zero-order valence-electron chi connectivity index (χ0n) is 8.21. The number of methoxy groups -OCH3 is 1. The highest BCUT2D eigenvalue weighted by Gasteiger charge is 2.08.